The number of primary amides is 1. The predicted octanol–water partition coefficient (Wildman–Crippen LogP) is 1.10. The number of hydrogen-bond donors (Lipinski definition) is 3. The Morgan fingerprint density at radius 1 is 1.12 bits per heavy atom. The van der Waals surface area contributed by atoms with Gasteiger partial charge in [-0.25, -0.2) is 8.42 Å². The monoisotopic (exact) mass is 377 g/mol. The number of rotatable bonds is 8. The molecule has 0 heterocycles. The number of nitrogens with two attached hydrogens (primary N) is 1. The second-order valence-electron chi connectivity index (χ2n) is 5.24. The maximum atomic E-state index is 12.5. The highest BCUT2D eigenvalue weighted by molar-refractivity contribution is 7.92. The van der Waals surface area contributed by atoms with Crippen LogP contribution in [0.25, 0.3) is 0 Å². The molecule has 138 valence electrons. The summed E-state index contributed by atoms with van der Waals surface area (Å²) in [5.74, 6) is -0.662. The Bertz CT molecular complexity index is 895. The van der Waals surface area contributed by atoms with Gasteiger partial charge in [0.05, 0.1) is 18.0 Å². The Kier molecular flexibility index (Phi) is 6.18. The first-order valence-corrected chi connectivity index (χ1v) is 9.22. The zero-order valence-corrected chi connectivity index (χ0v) is 14.9. The van der Waals surface area contributed by atoms with Crippen LogP contribution in [0.2, 0.25) is 0 Å². The van der Waals surface area contributed by atoms with Crippen molar-refractivity contribution >= 4 is 27.5 Å². The first-order chi connectivity index (χ1) is 12.3. The van der Waals surface area contributed by atoms with Gasteiger partial charge in [-0.1, -0.05) is 6.07 Å². The molecule has 8 nitrogen and oxygen atoms in total. The molecule has 2 rings (SSSR count). The van der Waals surface area contributed by atoms with Gasteiger partial charge in [-0.2, -0.15) is 0 Å². The molecular formula is C17H19N3O5S. The number of ether oxygens (including phenoxy) is 1. The van der Waals surface area contributed by atoms with Crippen molar-refractivity contribution in [2.45, 2.75) is 11.8 Å². The summed E-state index contributed by atoms with van der Waals surface area (Å²) in [6.45, 7) is 2.03. The lowest BCUT2D eigenvalue weighted by atomic mass is 10.2. The summed E-state index contributed by atoms with van der Waals surface area (Å²) in [4.78, 5) is 22.6. The summed E-state index contributed by atoms with van der Waals surface area (Å²) < 4.78 is 32.7. The Morgan fingerprint density at radius 2 is 1.81 bits per heavy atom. The fourth-order valence-electron chi connectivity index (χ4n) is 2.07. The summed E-state index contributed by atoms with van der Waals surface area (Å²) >= 11 is 0. The molecule has 0 aromatic heterocycles. The van der Waals surface area contributed by atoms with Crippen LogP contribution in [0, 0.1) is 0 Å². The number of hydrogen-bond acceptors (Lipinski definition) is 5. The van der Waals surface area contributed by atoms with Gasteiger partial charge in [0.25, 0.3) is 15.9 Å². The molecule has 9 heteroatoms. The van der Waals surface area contributed by atoms with E-state index in [1.54, 1.807) is 24.3 Å². The molecule has 0 fully saturated rings. The molecule has 0 spiro atoms. The van der Waals surface area contributed by atoms with E-state index >= 15 is 0 Å². The average molecular weight is 377 g/mol. The molecule has 2 amide bonds. The maximum Gasteiger partial charge on any atom is 0.261 e. The highest BCUT2D eigenvalue weighted by Crippen LogP contribution is 2.20. The van der Waals surface area contributed by atoms with Crippen molar-refractivity contribution in [1.29, 1.82) is 0 Å². The number of nitrogens with one attached hydrogen (secondary N) is 2. The van der Waals surface area contributed by atoms with Crippen molar-refractivity contribution in [3.8, 4) is 5.75 Å². The lowest BCUT2D eigenvalue weighted by Crippen LogP contribution is -2.33. The minimum atomic E-state index is -3.89. The van der Waals surface area contributed by atoms with Gasteiger partial charge in [-0.05, 0) is 49.4 Å². The Morgan fingerprint density at radius 3 is 2.42 bits per heavy atom. The largest absolute Gasteiger partial charge is 0.494 e. The number of carbonyl (C=O) groups excluding carboxylic acids is 2. The Hall–Kier alpha value is -3.07. The average Bonchev–Trinajstić information content (AvgIpc) is 2.61. The van der Waals surface area contributed by atoms with E-state index in [1.807, 2.05) is 6.92 Å². The standard InChI is InChI=1S/C17H19N3O5S/c1-2-25-14-8-6-13(7-9-14)20-26(23,24)15-5-3-4-12(10-15)17(22)19-11-16(18)21/h3-10,20H,2,11H2,1H3,(H2,18,21)(H,19,22). The predicted molar refractivity (Wildman–Crippen MR) is 96.4 cm³/mol. The quantitative estimate of drug-likeness (QED) is 0.635. The van der Waals surface area contributed by atoms with E-state index < -0.39 is 21.8 Å². The molecule has 0 aliphatic heterocycles. The minimum absolute atomic E-state index is 0.0851. The van der Waals surface area contributed by atoms with Crippen LogP contribution in [0.1, 0.15) is 17.3 Å². The van der Waals surface area contributed by atoms with Crippen molar-refractivity contribution in [2.75, 3.05) is 17.9 Å². The van der Waals surface area contributed by atoms with Crippen LogP contribution in [-0.2, 0) is 14.8 Å². The highest BCUT2D eigenvalue weighted by Gasteiger charge is 2.17. The smallest absolute Gasteiger partial charge is 0.261 e. The van der Waals surface area contributed by atoms with Gasteiger partial charge in [0.2, 0.25) is 5.91 Å². The van der Waals surface area contributed by atoms with Crippen molar-refractivity contribution < 1.29 is 22.7 Å². The lowest BCUT2D eigenvalue weighted by Gasteiger charge is -2.10. The van der Waals surface area contributed by atoms with E-state index in [-0.39, 0.29) is 17.0 Å². The molecule has 0 aliphatic rings. The van der Waals surface area contributed by atoms with E-state index in [0.717, 1.165) is 0 Å². The first kappa shape index (κ1) is 19.3. The zero-order chi connectivity index (χ0) is 19.2. The van der Waals surface area contributed by atoms with E-state index in [9.17, 15) is 18.0 Å². The third-order valence-corrected chi connectivity index (χ3v) is 4.63. The number of amides is 2. The Balaban J connectivity index is 2.16. The summed E-state index contributed by atoms with van der Waals surface area (Å²) in [6.07, 6.45) is 0. The Labute approximate surface area is 151 Å². The molecular weight excluding hydrogens is 358 g/mol. The number of carbonyl (C=O) groups is 2. The molecule has 2 aromatic rings. The fraction of sp³-hybridized carbons (Fsp3) is 0.176. The normalized spacial score (nSPS) is 10.8. The molecule has 0 unspecified atom stereocenters. The minimum Gasteiger partial charge on any atom is -0.494 e. The van der Waals surface area contributed by atoms with Gasteiger partial charge in [-0.3, -0.25) is 14.3 Å². The topological polar surface area (TPSA) is 128 Å². The zero-order valence-electron chi connectivity index (χ0n) is 14.1. The van der Waals surface area contributed by atoms with Crippen LogP contribution in [0.5, 0.6) is 5.75 Å². The van der Waals surface area contributed by atoms with Gasteiger partial charge < -0.3 is 15.8 Å². The van der Waals surface area contributed by atoms with Gasteiger partial charge in [0.1, 0.15) is 5.75 Å². The van der Waals surface area contributed by atoms with Crippen LogP contribution in [-0.4, -0.2) is 33.4 Å². The maximum absolute atomic E-state index is 12.5. The second-order valence-corrected chi connectivity index (χ2v) is 6.92. The molecule has 0 radical (unpaired) electrons. The molecule has 0 bridgehead atoms. The van der Waals surface area contributed by atoms with Crippen molar-refractivity contribution in [3.05, 3.63) is 54.1 Å². The summed E-state index contributed by atoms with van der Waals surface area (Å²) in [5.41, 5.74) is 5.42. The summed E-state index contributed by atoms with van der Waals surface area (Å²) in [5, 5.41) is 2.30. The van der Waals surface area contributed by atoms with Gasteiger partial charge >= 0.3 is 0 Å². The van der Waals surface area contributed by atoms with Gasteiger partial charge in [0, 0.05) is 11.3 Å². The second kappa shape index (κ2) is 8.34. The van der Waals surface area contributed by atoms with Crippen LogP contribution < -0.4 is 20.5 Å². The molecule has 2 aromatic carbocycles. The third kappa shape index (κ3) is 5.21. The van der Waals surface area contributed by atoms with E-state index in [4.69, 9.17) is 10.5 Å². The van der Waals surface area contributed by atoms with Crippen LogP contribution in [0.15, 0.2) is 53.4 Å². The molecule has 0 aliphatic carbocycles. The van der Waals surface area contributed by atoms with Gasteiger partial charge in [-0.15, -0.1) is 0 Å². The first-order valence-electron chi connectivity index (χ1n) is 7.74. The van der Waals surface area contributed by atoms with Crippen molar-refractivity contribution in [2.24, 2.45) is 5.73 Å². The summed E-state index contributed by atoms with van der Waals surface area (Å²) in [6, 6.07) is 11.9. The SMILES string of the molecule is CCOc1ccc(NS(=O)(=O)c2cccc(C(=O)NCC(N)=O)c2)cc1. The molecule has 0 saturated heterocycles. The number of benzene rings is 2. The molecule has 4 N–H and O–H groups in total. The number of sulfonamides is 1. The van der Waals surface area contributed by atoms with E-state index in [0.29, 0.717) is 18.0 Å². The molecule has 0 atom stereocenters. The van der Waals surface area contributed by atoms with Crippen LogP contribution >= 0.6 is 0 Å². The fourth-order valence-corrected chi connectivity index (χ4v) is 3.18. The van der Waals surface area contributed by atoms with Crippen LogP contribution in [0.3, 0.4) is 0 Å². The molecule has 0 saturated carbocycles. The lowest BCUT2D eigenvalue weighted by molar-refractivity contribution is -0.117. The summed E-state index contributed by atoms with van der Waals surface area (Å²) in [7, 11) is -3.89. The van der Waals surface area contributed by atoms with Gasteiger partial charge in [0.15, 0.2) is 0 Å². The van der Waals surface area contributed by atoms with Crippen LogP contribution in [0.4, 0.5) is 5.69 Å². The van der Waals surface area contributed by atoms with E-state index in [2.05, 4.69) is 10.0 Å². The highest BCUT2D eigenvalue weighted by atomic mass is 32.2. The van der Waals surface area contributed by atoms with Crippen molar-refractivity contribution in [1.82, 2.24) is 5.32 Å². The molecule has 26 heavy (non-hydrogen) atoms. The third-order valence-electron chi connectivity index (χ3n) is 3.25. The number of anilines is 1. The van der Waals surface area contributed by atoms with Crippen molar-refractivity contribution in [3.63, 3.8) is 0 Å². The van der Waals surface area contributed by atoms with E-state index in [1.165, 1.54) is 24.3 Å².